The van der Waals surface area contributed by atoms with Gasteiger partial charge in [-0.25, -0.2) is 4.79 Å². The molecule has 1 rings (SSSR count). The Morgan fingerprint density at radius 1 is 1.33 bits per heavy atom. The summed E-state index contributed by atoms with van der Waals surface area (Å²) in [6, 6.07) is 0.0420. The Kier molecular flexibility index (Phi) is 5.93. The third-order valence-corrected chi connectivity index (χ3v) is 4.46. The zero-order valence-corrected chi connectivity index (χ0v) is 12.2. The molecule has 0 radical (unpaired) electrons. The second kappa shape index (κ2) is 6.98. The van der Waals surface area contributed by atoms with Crippen LogP contribution in [0.2, 0.25) is 0 Å². The highest BCUT2D eigenvalue weighted by atomic mass is 16.2. The van der Waals surface area contributed by atoms with Crippen molar-refractivity contribution in [3.05, 3.63) is 0 Å². The van der Waals surface area contributed by atoms with Crippen molar-refractivity contribution in [2.75, 3.05) is 19.6 Å². The maximum Gasteiger partial charge on any atom is 0.317 e. The minimum absolute atomic E-state index is 0.0420. The maximum atomic E-state index is 12.1. The fourth-order valence-corrected chi connectivity index (χ4v) is 3.15. The van der Waals surface area contributed by atoms with E-state index in [1.165, 1.54) is 19.3 Å². The lowest BCUT2D eigenvalue weighted by molar-refractivity contribution is 0.0718. The van der Waals surface area contributed by atoms with Gasteiger partial charge in [0, 0.05) is 19.6 Å². The van der Waals surface area contributed by atoms with Gasteiger partial charge in [-0.2, -0.15) is 0 Å². The highest BCUT2D eigenvalue weighted by molar-refractivity contribution is 5.75. The predicted octanol–water partition coefficient (Wildman–Crippen LogP) is 2.34. The highest BCUT2D eigenvalue weighted by Gasteiger charge is 2.40. The molecular formula is C14H29N3O. The molecule has 1 fully saturated rings. The van der Waals surface area contributed by atoms with Crippen LogP contribution in [0, 0.1) is 5.92 Å². The molecule has 3 N–H and O–H groups in total. The zero-order valence-electron chi connectivity index (χ0n) is 12.2. The van der Waals surface area contributed by atoms with Crippen LogP contribution in [0.5, 0.6) is 0 Å². The van der Waals surface area contributed by atoms with E-state index in [-0.39, 0.29) is 11.6 Å². The molecule has 1 saturated carbocycles. The Labute approximate surface area is 111 Å². The lowest BCUT2D eigenvalue weighted by atomic mass is 9.74. The van der Waals surface area contributed by atoms with Crippen LogP contribution in [0.25, 0.3) is 0 Å². The largest absolute Gasteiger partial charge is 0.338 e. The Balaban J connectivity index is 2.76. The van der Waals surface area contributed by atoms with Crippen molar-refractivity contribution < 1.29 is 4.79 Å². The van der Waals surface area contributed by atoms with Crippen LogP contribution in [0.3, 0.4) is 0 Å². The molecule has 2 amide bonds. The number of likely N-dealkylation sites (N-methyl/N-ethyl adjacent to an activating group) is 1. The standard InChI is InChI=1S/C14H29N3O/c1-4-12-7-9-14(11-15,10-8-12)17(6-3)13(18)16-5-2/h12H,4-11,15H2,1-3H3,(H,16,18). The molecule has 1 aliphatic rings. The van der Waals surface area contributed by atoms with Crippen molar-refractivity contribution in [2.45, 2.75) is 58.4 Å². The monoisotopic (exact) mass is 255 g/mol. The van der Waals surface area contributed by atoms with E-state index in [1.807, 2.05) is 18.7 Å². The summed E-state index contributed by atoms with van der Waals surface area (Å²) in [5.41, 5.74) is 5.90. The van der Waals surface area contributed by atoms with Gasteiger partial charge in [-0.15, -0.1) is 0 Å². The number of rotatable bonds is 5. The number of nitrogens with zero attached hydrogens (tertiary/aromatic N) is 1. The molecule has 0 saturated heterocycles. The van der Waals surface area contributed by atoms with Gasteiger partial charge in [0.25, 0.3) is 0 Å². The Bertz CT molecular complexity index is 260. The molecule has 0 aromatic rings. The zero-order chi connectivity index (χ0) is 13.6. The maximum absolute atomic E-state index is 12.1. The summed E-state index contributed by atoms with van der Waals surface area (Å²) >= 11 is 0. The quantitative estimate of drug-likeness (QED) is 0.792. The van der Waals surface area contributed by atoms with Gasteiger partial charge in [-0.05, 0) is 45.4 Å². The summed E-state index contributed by atoms with van der Waals surface area (Å²) in [6.45, 7) is 8.23. The summed E-state index contributed by atoms with van der Waals surface area (Å²) in [4.78, 5) is 14.1. The first-order valence-electron chi connectivity index (χ1n) is 7.39. The van der Waals surface area contributed by atoms with Gasteiger partial charge in [0.1, 0.15) is 0 Å². The third-order valence-electron chi connectivity index (χ3n) is 4.46. The lowest BCUT2D eigenvalue weighted by Crippen LogP contribution is -2.60. The van der Waals surface area contributed by atoms with E-state index in [1.54, 1.807) is 0 Å². The second-order valence-corrected chi connectivity index (χ2v) is 5.36. The number of hydrogen-bond donors (Lipinski definition) is 2. The average Bonchev–Trinajstić information content (AvgIpc) is 2.40. The molecule has 0 heterocycles. The van der Waals surface area contributed by atoms with E-state index in [0.29, 0.717) is 13.1 Å². The topological polar surface area (TPSA) is 58.4 Å². The third kappa shape index (κ3) is 3.16. The molecular weight excluding hydrogens is 226 g/mol. The van der Waals surface area contributed by atoms with Gasteiger partial charge in [0.15, 0.2) is 0 Å². The molecule has 106 valence electrons. The Morgan fingerprint density at radius 3 is 2.33 bits per heavy atom. The van der Waals surface area contributed by atoms with Gasteiger partial charge >= 0.3 is 6.03 Å². The van der Waals surface area contributed by atoms with Crippen LogP contribution < -0.4 is 11.1 Å². The Morgan fingerprint density at radius 2 is 1.94 bits per heavy atom. The van der Waals surface area contributed by atoms with Gasteiger partial charge in [-0.1, -0.05) is 13.3 Å². The van der Waals surface area contributed by atoms with Crippen LogP contribution in [0.15, 0.2) is 0 Å². The van der Waals surface area contributed by atoms with E-state index in [2.05, 4.69) is 12.2 Å². The van der Waals surface area contributed by atoms with Gasteiger partial charge in [0.2, 0.25) is 0 Å². The highest BCUT2D eigenvalue weighted by Crippen LogP contribution is 2.37. The molecule has 18 heavy (non-hydrogen) atoms. The van der Waals surface area contributed by atoms with E-state index >= 15 is 0 Å². The fraction of sp³-hybridized carbons (Fsp3) is 0.929. The summed E-state index contributed by atoms with van der Waals surface area (Å²) in [6.07, 6.45) is 5.74. The number of amides is 2. The summed E-state index contributed by atoms with van der Waals surface area (Å²) in [7, 11) is 0. The number of nitrogens with one attached hydrogen (secondary N) is 1. The minimum atomic E-state index is -0.111. The van der Waals surface area contributed by atoms with E-state index in [9.17, 15) is 4.79 Å². The number of carbonyl (C=O) groups excluding carboxylic acids is 1. The predicted molar refractivity (Wildman–Crippen MR) is 75.5 cm³/mol. The first-order valence-corrected chi connectivity index (χ1v) is 7.39. The van der Waals surface area contributed by atoms with E-state index in [0.717, 1.165) is 25.3 Å². The second-order valence-electron chi connectivity index (χ2n) is 5.36. The fourth-order valence-electron chi connectivity index (χ4n) is 3.15. The van der Waals surface area contributed by atoms with Crippen LogP contribution in [0.4, 0.5) is 4.79 Å². The number of hydrogen-bond acceptors (Lipinski definition) is 2. The van der Waals surface area contributed by atoms with Crippen molar-refractivity contribution >= 4 is 6.03 Å². The van der Waals surface area contributed by atoms with Crippen LogP contribution in [0.1, 0.15) is 52.9 Å². The normalized spacial score (nSPS) is 27.9. The average molecular weight is 255 g/mol. The molecule has 4 nitrogen and oxygen atoms in total. The first kappa shape index (κ1) is 15.3. The van der Waals surface area contributed by atoms with Gasteiger partial charge in [0.05, 0.1) is 5.54 Å². The molecule has 0 atom stereocenters. The van der Waals surface area contributed by atoms with Crippen molar-refractivity contribution in [1.29, 1.82) is 0 Å². The van der Waals surface area contributed by atoms with Crippen LogP contribution >= 0.6 is 0 Å². The number of urea groups is 1. The number of carbonyl (C=O) groups is 1. The van der Waals surface area contributed by atoms with Crippen LogP contribution in [-0.4, -0.2) is 36.1 Å². The van der Waals surface area contributed by atoms with Crippen molar-refractivity contribution in [3.8, 4) is 0 Å². The summed E-state index contributed by atoms with van der Waals surface area (Å²) in [5, 5.41) is 2.91. The molecule has 4 heteroatoms. The molecule has 1 aliphatic carbocycles. The lowest BCUT2D eigenvalue weighted by Gasteiger charge is -2.47. The molecule has 0 aromatic carbocycles. The molecule has 0 spiro atoms. The molecule has 0 unspecified atom stereocenters. The molecule has 0 aromatic heterocycles. The van der Waals surface area contributed by atoms with Gasteiger partial charge < -0.3 is 16.0 Å². The Hall–Kier alpha value is -0.770. The van der Waals surface area contributed by atoms with E-state index in [4.69, 9.17) is 5.73 Å². The first-order chi connectivity index (χ1) is 8.63. The number of nitrogens with two attached hydrogens (primary N) is 1. The summed E-state index contributed by atoms with van der Waals surface area (Å²) < 4.78 is 0. The van der Waals surface area contributed by atoms with Crippen molar-refractivity contribution in [1.82, 2.24) is 10.2 Å². The van der Waals surface area contributed by atoms with Crippen LogP contribution in [-0.2, 0) is 0 Å². The molecule has 0 bridgehead atoms. The van der Waals surface area contributed by atoms with Crippen molar-refractivity contribution in [3.63, 3.8) is 0 Å². The molecule has 0 aliphatic heterocycles. The minimum Gasteiger partial charge on any atom is -0.338 e. The van der Waals surface area contributed by atoms with E-state index < -0.39 is 0 Å². The van der Waals surface area contributed by atoms with Gasteiger partial charge in [-0.3, -0.25) is 0 Å². The summed E-state index contributed by atoms with van der Waals surface area (Å²) in [5.74, 6) is 0.817. The van der Waals surface area contributed by atoms with Crippen molar-refractivity contribution in [2.24, 2.45) is 11.7 Å². The SMILES string of the molecule is CCNC(=O)N(CC)C1(CN)CCC(CC)CC1. The smallest absolute Gasteiger partial charge is 0.317 e.